The van der Waals surface area contributed by atoms with Crippen molar-refractivity contribution in [3.63, 3.8) is 0 Å². The van der Waals surface area contributed by atoms with Crippen LogP contribution in [-0.2, 0) is 4.74 Å². The van der Waals surface area contributed by atoms with Gasteiger partial charge in [-0.1, -0.05) is 0 Å². The molecule has 0 atom stereocenters. The Kier molecular flexibility index (Phi) is 2.75. The fourth-order valence-electron chi connectivity index (χ4n) is 0.750. The minimum atomic E-state index is -2.62. The maximum atomic E-state index is 12.2. The zero-order valence-electron chi connectivity index (χ0n) is 6.21. The average Bonchev–Trinajstić information content (AvgIpc) is 2.50. The molecule has 0 aliphatic carbocycles. The first-order chi connectivity index (χ1) is 5.66. The summed E-state index contributed by atoms with van der Waals surface area (Å²) in [7, 11) is 1.16. The molecule has 0 radical (unpaired) electrons. The fraction of sp³-hybridized carbons (Fsp3) is 0.286. The second-order valence-corrected chi connectivity index (χ2v) is 2.91. The lowest BCUT2D eigenvalue weighted by atomic mass is 10.3. The molecule has 0 N–H and O–H groups in total. The summed E-state index contributed by atoms with van der Waals surface area (Å²) in [5.41, 5.74) is -0.258. The predicted molar refractivity (Wildman–Crippen MR) is 40.6 cm³/mol. The van der Waals surface area contributed by atoms with E-state index in [0.717, 1.165) is 18.4 Å². The van der Waals surface area contributed by atoms with Crippen molar-refractivity contribution in [2.45, 2.75) is 6.43 Å². The van der Waals surface area contributed by atoms with E-state index in [-0.39, 0.29) is 10.4 Å². The quantitative estimate of drug-likeness (QED) is 0.673. The predicted octanol–water partition coefficient (Wildman–Crippen LogP) is 2.47. The molecule has 2 nitrogen and oxygen atoms in total. The molecule has 0 fully saturated rings. The second-order valence-electron chi connectivity index (χ2n) is 2.00. The molecule has 1 aromatic rings. The molecule has 1 heterocycles. The third-order valence-electron chi connectivity index (χ3n) is 1.30. The highest BCUT2D eigenvalue weighted by Gasteiger charge is 2.19. The van der Waals surface area contributed by atoms with Crippen LogP contribution >= 0.6 is 11.3 Å². The first-order valence-electron chi connectivity index (χ1n) is 3.10. The lowest BCUT2D eigenvalue weighted by Crippen LogP contribution is -2.01. The van der Waals surface area contributed by atoms with Gasteiger partial charge in [-0.05, 0) is 11.4 Å². The molecule has 0 aromatic carbocycles. The molecule has 66 valence electrons. The topological polar surface area (TPSA) is 26.3 Å². The van der Waals surface area contributed by atoms with Crippen molar-refractivity contribution < 1.29 is 18.3 Å². The Bertz CT molecular complexity index is 283. The third-order valence-corrected chi connectivity index (χ3v) is 2.21. The van der Waals surface area contributed by atoms with Crippen molar-refractivity contribution in [2.75, 3.05) is 7.11 Å². The summed E-state index contributed by atoms with van der Waals surface area (Å²) in [5, 5.41) is 1.44. The highest BCUT2D eigenvalue weighted by atomic mass is 32.1. The van der Waals surface area contributed by atoms with Crippen LogP contribution in [0.3, 0.4) is 0 Å². The van der Waals surface area contributed by atoms with Gasteiger partial charge in [0.2, 0.25) is 0 Å². The number of ether oxygens (including phenoxy) is 1. The summed E-state index contributed by atoms with van der Waals surface area (Å²) in [6, 6.07) is 1.22. The normalized spacial score (nSPS) is 10.3. The van der Waals surface area contributed by atoms with Gasteiger partial charge in [0.05, 0.1) is 7.11 Å². The van der Waals surface area contributed by atoms with Crippen LogP contribution in [0.15, 0.2) is 11.4 Å². The molecule has 0 saturated heterocycles. The van der Waals surface area contributed by atoms with E-state index >= 15 is 0 Å². The first-order valence-corrected chi connectivity index (χ1v) is 3.98. The standard InChI is InChI=1S/C7H6F2O2S/c1-11-7(10)5-4(6(8)9)2-3-12-5/h2-3,6H,1H3. The summed E-state index contributed by atoms with van der Waals surface area (Å²) in [5.74, 6) is -0.708. The van der Waals surface area contributed by atoms with Crippen LogP contribution in [0.5, 0.6) is 0 Å². The summed E-state index contributed by atoms with van der Waals surface area (Å²) >= 11 is 0.956. The van der Waals surface area contributed by atoms with Gasteiger partial charge in [0.1, 0.15) is 4.88 Å². The molecule has 0 amide bonds. The highest BCUT2D eigenvalue weighted by Crippen LogP contribution is 2.27. The number of carbonyl (C=O) groups is 1. The van der Waals surface area contributed by atoms with Crippen LogP contribution in [0.4, 0.5) is 8.78 Å². The Hall–Kier alpha value is -0.970. The van der Waals surface area contributed by atoms with Crippen molar-refractivity contribution in [1.82, 2.24) is 0 Å². The molecular formula is C7H6F2O2S. The van der Waals surface area contributed by atoms with Gasteiger partial charge in [-0.25, -0.2) is 13.6 Å². The number of hydrogen-bond acceptors (Lipinski definition) is 3. The maximum absolute atomic E-state index is 12.2. The SMILES string of the molecule is COC(=O)c1sccc1C(F)F. The third kappa shape index (κ3) is 1.61. The van der Waals surface area contributed by atoms with Crippen molar-refractivity contribution in [3.8, 4) is 0 Å². The van der Waals surface area contributed by atoms with E-state index in [2.05, 4.69) is 4.74 Å². The number of methoxy groups -OCH3 is 1. The number of thiophene rings is 1. The molecule has 0 unspecified atom stereocenters. The molecule has 0 saturated carbocycles. The summed E-state index contributed by atoms with van der Waals surface area (Å²) < 4.78 is 28.6. The van der Waals surface area contributed by atoms with E-state index in [4.69, 9.17) is 0 Å². The van der Waals surface area contributed by atoms with Crippen LogP contribution in [0.1, 0.15) is 21.7 Å². The smallest absolute Gasteiger partial charge is 0.348 e. The Morgan fingerprint density at radius 3 is 2.83 bits per heavy atom. The molecule has 1 rings (SSSR count). The van der Waals surface area contributed by atoms with Gasteiger partial charge in [0, 0.05) is 5.56 Å². The maximum Gasteiger partial charge on any atom is 0.348 e. The van der Waals surface area contributed by atoms with Gasteiger partial charge in [0.25, 0.3) is 6.43 Å². The van der Waals surface area contributed by atoms with Crippen molar-refractivity contribution in [1.29, 1.82) is 0 Å². The largest absolute Gasteiger partial charge is 0.465 e. The van der Waals surface area contributed by atoms with Crippen molar-refractivity contribution in [3.05, 3.63) is 21.9 Å². The van der Waals surface area contributed by atoms with Gasteiger partial charge in [-0.15, -0.1) is 11.3 Å². The number of hydrogen-bond donors (Lipinski definition) is 0. The van der Waals surface area contributed by atoms with E-state index in [0.29, 0.717) is 0 Å². The van der Waals surface area contributed by atoms with Crippen molar-refractivity contribution >= 4 is 17.3 Å². The van der Waals surface area contributed by atoms with Gasteiger partial charge in [0.15, 0.2) is 0 Å². The molecule has 0 bridgehead atoms. The van der Waals surface area contributed by atoms with E-state index in [1.807, 2.05) is 0 Å². The average molecular weight is 192 g/mol. The lowest BCUT2D eigenvalue weighted by molar-refractivity contribution is 0.0596. The molecule has 0 spiro atoms. The van der Waals surface area contributed by atoms with Gasteiger partial charge < -0.3 is 4.74 Å². The Labute approximate surface area is 71.8 Å². The molecule has 0 aliphatic rings. The van der Waals surface area contributed by atoms with Gasteiger partial charge in [-0.3, -0.25) is 0 Å². The summed E-state index contributed by atoms with van der Waals surface area (Å²) in [6.45, 7) is 0. The summed E-state index contributed by atoms with van der Waals surface area (Å²) in [6.07, 6.45) is -2.62. The van der Waals surface area contributed by atoms with Crippen LogP contribution < -0.4 is 0 Å². The second kappa shape index (κ2) is 3.62. The molecular weight excluding hydrogens is 186 g/mol. The summed E-state index contributed by atoms with van der Waals surface area (Å²) in [4.78, 5) is 10.8. The first kappa shape index (κ1) is 9.12. The monoisotopic (exact) mass is 192 g/mol. The Morgan fingerprint density at radius 2 is 2.33 bits per heavy atom. The van der Waals surface area contributed by atoms with Crippen LogP contribution in [0, 0.1) is 0 Å². The fourth-order valence-corrected chi connectivity index (χ4v) is 1.57. The number of halogens is 2. The zero-order valence-corrected chi connectivity index (χ0v) is 7.03. The minimum absolute atomic E-state index is 0.0208. The van der Waals surface area contributed by atoms with Crippen molar-refractivity contribution in [2.24, 2.45) is 0 Å². The number of rotatable bonds is 2. The minimum Gasteiger partial charge on any atom is -0.465 e. The van der Waals surface area contributed by atoms with E-state index in [9.17, 15) is 13.6 Å². The molecule has 0 aliphatic heterocycles. The van der Waals surface area contributed by atoms with Gasteiger partial charge >= 0.3 is 5.97 Å². The number of alkyl halides is 2. The van der Waals surface area contributed by atoms with Crippen LogP contribution in [0.25, 0.3) is 0 Å². The van der Waals surface area contributed by atoms with E-state index < -0.39 is 12.4 Å². The molecule has 12 heavy (non-hydrogen) atoms. The lowest BCUT2D eigenvalue weighted by Gasteiger charge is -1.99. The van der Waals surface area contributed by atoms with E-state index in [1.165, 1.54) is 11.4 Å². The zero-order chi connectivity index (χ0) is 9.14. The number of esters is 1. The van der Waals surface area contributed by atoms with E-state index in [1.54, 1.807) is 0 Å². The molecule has 5 heteroatoms. The Balaban J connectivity index is 2.99. The van der Waals surface area contributed by atoms with Crippen LogP contribution in [0.2, 0.25) is 0 Å². The molecule has 1 aromatic heterocycles. The number of carbonyl (C=O) groups excluding carboxylic acids is 1. The van der Waals surface area contributed by atoms with Gasteiger partial charge in [-0.2, -0.15) is 0 Å². The highest BCUT2D eigenvalue weighted by molar-refractivity contribution is 7.12. The van der Waals surface area contributed by atoms with Crippen LogP contribution in [-0.4, -0.2) is 13.1 Å². The Morgan fingerprint density at radius 1 is 1.67 bits per heavy atom.